The van der Waals surface area contributed by atoms with E-state index in [1.165, 1.54) is 231 Å². The topological polar surface area (TPSA) is 61.8 Å². The summed E-state index contributed by atoms with van der Waals surface area (Å²) in [6.45, 7) is 2.19. The van der Waals surface area contributed by atoms with Crippen molar-refractivity contribution in [1.29, 1.82) is 0 Å². The predicted octanol–water partition coefficient (Wildman–Crippen LogP) is 39.6. The van der Waals surface area contributed by atoms with E-state index in [-0.39, 0.29) is 17.6 Å². The van der Waals surface area contributed by atoms with E-state index >= 15 is 35.9 Å². The Balaban J connectivity index is 1.39. The molecule has 0 N–H and O–H groups in total. The van der Waals surface area contributed by atoms with Crippen LogP contribution in [-0.4, -0.2) is 31.2 Å². The summed E-state index contributed by atoms with van der Waals surface area (Å²) in [5, 5.41) is 3.41. The molecule has 0 aromatic heterocycles. The van der Waals surface area contributed by atoms with Gasteiger partial charge in [0.25, 0.3) is 0 Å². The Kier molecular flexibility index (Phi) is 57.8. The SMILES string of the molecule is CCCCCCCCCCCCc1ccc(P(CC(=O)c2ccccc2)(OB(Oc2cc(C(F)(F)F)cc(C(F)(F)F)c2)OP(CC(=O)c2ccccc2)(c2ccc(CCCCCCCCCCCC)cc2)(c2ccc(CCCCCCCCCCCC)cc2)c2ccc(CCCCCCCCCCCC)cc2)(c2ccc(CCCCCCCCCCCC)cc2)c2ccc(CCCCCCCCCCCC)cc2)cc1. The van der Waals surface area contributed by atoms with E-state index in [2.05, 4.69) is 187 Å². The average Bonchev–Trinajstić information content (AvgIpc) is 0.676. The van der Waals surface area contributed by atoms with Crippen molar-refractivity contribution in [2.75, 3.05) is 12.3 Å². The first-order valence-corrected chi connectivity index (χ1v) is 64.0. The van der Waals surface area contributed by atoms with Gasteiger partial charge < -0.3 is 0 Å². The van der Waals surface area contributed by atoms with Crippen LogP contribution in [0.3, 0.4) is 0 Å². The van der Waals surface area contributed by atoms with Gasteiger partial charge in [0, 0.05) is 0 Å². The van der Waals surface area contributed by atoms with Gasteiger partial charge >= 0.3 is 733 Å². The average molecular weight is 2040 g/mol. The number of unbranched alkanes of at least 4 members (excludes halogenated alkanes) is 54. The summed E-state index contributed by atoms with van der Waals surface area (Å²) in [7, 11) is -2.41. The first kappa shape index (κ1) is 122. The van der Waals surface area contributed by atoms with Crippen LogP contribution >= 0.6 is 13.7 Å². The fraction of sp³-hybridized carbons (Fsp3) is 0.576. The minimum atomic E-state index is -5.67. The van der Waals surface area contributed by atoms with E-state index in [4.69, 9.17) is 13.5 Å². The van der Waals surface area contributed by atoms with Crippen molar-refractivity contribution >= 4 is 64.4 Å². The molecule has 0 aliphatic carbocycles. The third-order valence-electron chi connectivity index (χ3n) is 31.3. The standard InChI is InChI=1S/C132H191BF6O5P2/c1-7-13-19-25-31-37-43-49-55-63-73-112-83-95-123(96-84-112)145(110-129(140)118-79-69-61-70-80-118,124-97-85-113(86-98-124)74-64-56-50-44-38-32-26-20-14-8-2,125-99-87-114(88-100-125)75-65-57-51-45-39-33-27-21-15-9-3)143-133(142-122-108-120(131(134,135)136)107-121(109-122)132(137,138)139)144-146(111-130(141)119-81-71-62-72-82-119,126-101-89-115(90-102-126)76-66-58-52-46-40-34-28-22-16-10-4,127-103-91-116(92-104-127)77-67-59-53-47-41-35-29-23-17-11-5)128-105-93-117(94-106-128)78-68-60-54-48-42-36-30-24-18-12-6/h61-62,69-72,79-109H,7-60,63-68,73-78,110-111H2,1-6H3. The summed E-state index contributed by atoms with van der Waals surface area (Å²) in [5.41, 5.74) is 3.87. The quantitative estimate of drug-likeness (QED) is 0.0125. The van der Waals surface area contributed by atoms with Crippen LogP contribution in [0.15, 0.2) is 224 Å². The Morgan fingerprint density at radius 2 is 0.384 bits per heavy atom. The number of carbonyl (C=O) groups excluding carboxylic acids is 2. The van der Waals surface area contributed by atoms with Crippen molar-refractivity contribution in [1.82, 2.24) is 0 Å². The fourth-order valence-corrected chi connectivity index (χ4v) is 33.1. The van der Waals surface area contributed by atoms with Crippen molar-refractivity contribution < 1.29 is 49.5 Å². The number of hydrogen-bond donors (Lipinski definition) is 0. The number of ketones is 2. The van der Waals surface area contributed by atoms with Crippen LogP contribution in [0.1, 0.15) is 492 Å². The van der Waals surface area contributed by atoms with E-state index in [9.17, 15) is 0 Å². The normalized spacial score (nSPS) is 12.6. The Bertz CT molecular complexity index is 4290. The predicted molar refractivity (Wildman–Crippen MR) is 620 cm³/mol. The third-order valence-corrected chi connectivity index (χ3v) is 42.7. The van der Waals surface area contributed by atoms with Crippen molar-refractivity contribution in [2.24, 2.45) is 0 Å². The molecular formula is C132H191BF6O5P2. The molecule has 0 heterocycles. The third kappa shape index (κ3) is 40.6. The summed E-state index contributed by atoms with van der Waals surface area (Å²) in [6.07, 6.45) is 63.1. The summed E-state index contributed by atoms with van der Waals surface area (Å²) in [5.74, 6) is -1.50. The van der Waals surface area contributed by atoms with E-state index in [1.807, 2.05) is 60.7 Å². The van der Waals surface area contributed by atoms with Crippen molar-refractivity contribution in [3.8, 4) is 5.75 Å². The second-order valence-corrected chi connectivity index (χ2v) is 52.3. The number of halogens is 6. The molecule has 0 spiro atoms. The van der Waals surface area contributed by atoms with Gasteiger partial charge in [-0.1, -0.05) is 157 Å². The number of carbonyl (C=O) groups is 2. The fourth-order valence-electron chi connectivity index (χ4n) is 22.2. The summed E-state index contributed by atoms with van der Waals surface area (Å²) in [6, 6.07) is 70.6. The van der Waals surface area contributed by atoms with Crippen molar-refractivity contribution in [2.45, 2.75) is 478 Å². The maximum atomic E-state index is 17.3. The first-order chi connectivity index (χ1) is 71.2. The van der Waals surface area contributed by atoms with Crippen LogP contribution in [0.25, 0.3) is 0 Å². The molecule has 804 valence electrons. The zero-order valence-electron chi connectivity index (χ0n) is 91.7. The van der Waals surface area contributed by atoms with Crippen LogP contribution in [0.4, 0.5) is 26.3 Å². The first-order valence-electron chi connectivity index (χ1n) is 59.3. The van der Waals surface area contributed by atoms with Gasteiger partial charge in [-0.2, -0.15) is 0 Å². The zero-order valence-corrected chi connectivity index (χ0v) is 93.5. The second-order valence-electron chi connectivity index (χ2n) is 43.3. The number of Topliss-reactive ketones (excluding diaryl/α,β-unsaturated/α-hetero) is 2. The molecule has 9 aromatic carbocycles. The molecule has 0 aliphatic rings. The Hall–Kier alpha value is -7.46. The van der Waals surface area contributed by atoms with Gasteiger partial charge in [-0.15, -0.1) is 0 Å². The summed E-state index contributed by atoms with van der Waals surface area (Å²) >= 11 is 0. The molecule has 146 heavy (non-hydrogen) atoms. The van der Waals surface area contributed by atoms with Crippen LogP contribution in [0.2, 0.25) is 0 Å². The maximum absolute atomic E-state index is 17.3. The van der Waals surface area contributed by atoms with E-state index in [0.717, 1.165) is 226 Å². The molecule has 5 nitrogen and oxygen atoms in total. The molecule has 0 saturated heterocycles. The van der Waals surface area contributed by atoms with Gasteiger partial charge in [0.15, 0.2) is 0 Å². The molecule has 0 saturated carbocycles. The number of rotatable bonds is 84. The number of alkyl halides is 6. The second kappa shape index (κ2) is 69.2. The van der Waals surface area contributed by atoms with Crippen LogP contribution in [0, 0.1) is 0 Å². The summed E-state index contributed by atoms with van der Waals surface area (Å²) in [4.78, 5) is 34.7. The van der Waals surface area contributed by atoms with Gasteiger partial charge in [-0.3, -0.25) is 0 Å². The molecule has 14 heteroatoms. The van der Waals surface area contributed by atoms with Crippen LogP contribution < -0.4 is 36.5 Å². The van der Waals surface area contributed by atoms with Crippen LogP contribution in [-0.2, 0) is 59.8 Å². The number of aryl methyl sites for hydroxylation is 6. The molecule has 0 unspecified atom stereocenters. The Morgan fingerprint density at radius 1 is 0.219 bits per heavy atom. The van der Waals surface area contributed by atoms with Crippen molar-refractivity contribution in [3.05, 3.63) is 280 Å². The molecular weight excluding hydrogens is 1850 g/mol. The Labute approximate surface area is 883 Å². The van der Waals surface area contributed by atoms with Gasteiger partial charge in [0.1, 0.15) is 0 Å². The van der Waals surface area contributed by atoms with Gasteiger partial charge in [-0.05, 0) is 0 Å². The molecule has 0 fully saturated rings. The molecule has 0 atom stereocenters. The molecule has 0 aliphatic heterocycles. The minimum absolute atomic E-state index is 0.137. The molecule has 9 rings (SSSR count). The van der Waals surface area contributed by atoms with Crippen LogP contribution in [0.5, 0.6) is 5.75 Å². The number of benzene rings is 9. The molecule has 9 aromatic rings. The van der Waals surface area contributed by atoms with E-state index < -0.39 is 62.5 Å². The Morgan fingerprint density at radius 3 is 0.548 bits per heavy atom. The van der Waals surface area contributed by atoms with Gasteiger partial charge in [0.2, 0.25) is 0 Å². The monoisotopic (exact) mass is 2040 g/mol. The van der Waals surface area contributed by atoms with Crippen molar-refractivity contribution in [3.63, 3.8) is 0 Å². The molecule has 0 bridgehead atoms. The van der Waals surface area contributed by atoms with Gasteiger partial charge in [0.05, 0.1) is 0 Å². The summed E-state index contributed by atoms with van der Waals surface area (Å²) < 4.78 is 123. The number of hydrogen-bond acceptors (Lipinski definition) is 5. The zero-order chi connectivity index (χ0) is 104. The van der Waals surface area contributed by atoms with E-state index in [1.54, 1.807) is 0 Å². The molecule has 0 radical (unpaired) electrons. The van der Waals surface area contributed by atoms with Gasteiger partial charge in [-0.25, -0.2) is 0 Å². The van der Waals surface area contributed by atoms with E-state index in [0.29, 0.717) is 55.1 Å². The molecule has 0 amide bonds.